The lowest BCUT2D eigenvalue weighted by atomic mass is 9.74. The van der Waals surface area contributed by atoms with Gasteiger partial charge in [-0.1, -0.05) is 6.92 Å². The van der Waals surface area contributed by atoms with Gasteiger partial charge in [0.15, 0.2) is 0 Å². The molecule has 0 bridgehead atoms. The maximum Gasteiger partial charge on any atom is 0.416 e. The van der Waals surface area contributed by atoms with E-state index in [1.54, 1.807) is 24.5 Å². The summed E-state index contributed by atoms with van der Waals surface area (Å²) >= 11 is 1.61. The minimum atomic E-state index is -4.35. The second-order valence-corrected chi connectivity index (χ2v) is 8.00. The highest BCUT2D eigenvalue weighted by molar-refractivity contribution is 7.08. The van der Waals surface area contributed by atoms with Crippen LogP contribution in [-0.2, 0) is 6.18 Å². The number of thiophene rings is 1. The van der Waals surface area contributed by atoms with Crippen molar-refractivity contribution in [1.29, 1.82) is 0 Å². The summed E-state index contributed by atoms with van der Waals surface area (Å²) in [6.07, 6.45) is -3.48. The number of anilines is 1. The van der Waals surface area contributed by atoms with Gasteiger partial charge in [-0.2, -0.15) is 24.5 Å². The topological polar surface area (TPSA) is 44.3 Å². The predicted molar refractivity (Wildman–Crippen MR) is 103 cm³/mol. The van der Waals surface area contributed by atoms with Gasteiger partial charge in [-0.3, -0.25) is 0 Å². The first-order chi connectivity index (χ1) is 12.8. The molecule has 3 rings (SSSR count). The van der Waals surface area contributed by atoms with Gasteiger partial charge in [0.2, 0.25) is 0 Å². The van der Waals surface area contributed by atoms with Crippen LogP contribution in [0.15, 0.2) is 35.0 Å². The van der Waals surface area contributed by atoms with Crippen molar-refractivity contribution in [3.8, 4) is 0 Å². The quantitative estimate of drug-likeness (QED) is 0.641. The highest BCUT2D eigenvalue weighted by Crippen LogP contribution is 2.48. The number of halogens is 3. The van der Waals surface area contributed by atoms with Gasteiger partial charge in [-0.05, 0) is 77.9 Å². The number of hydrogen-bond donors (Lipinski definition) is 3. The fraction of sp³-hybridized carbons (Fsp3) is 0.500. The fourth-order valence-corrected chi connectivity index (χ4v) is 4.66. The van der Waals surface area contributed by atoms with Gasteiger partial charge in [0.25, 0.3) is 0 Å². The molecular weight excluding hydrogens is 373 g/mol. The molecule has 0 aliphatic carbocycles. The molecule has 0 spiro atoms. The molecule has 0 amide bonds. The van der Waals surface area contributed by atoms with Crippen LogP contribution in [0.4, 0.5) is 18.9 Å². The summed E-state index contributed by atoms with van der Waals surface area (Å²) < 4.78 is 39.5. The minimum absolute atomic E-state index is 0.0253. The summed E-state index contributed by atoms with van der Waals surface area (Å²) in [6.45, 7) is 2.50. The van der Waals surface area contributed by atoms with Crippen LogP contribution in [0.25, 0.3) is 0 Å². The van der Waals surface area contributed by atoms with Gasteiger partial charge in [0, 0.05) is 12.2 Å². The molecule has 0 unspecified atom stereocenters. The van der Waals surface area contributed by atoms with Crippen LogP contribution in [-0.4, -0.2) is 24.8 Å². The molecule has 1 aromatic heterocycles. The zero-order chi connectivity index (χ0) is 19.6. The Morgan fingerprint density at radius 1 is 1.30 bits per heavy atom. The lowest BCUT2D eigenvalue weighted by Crippen LogP contribution is -2.32. The summed E-state index contributed by atoms with van der Waals surface area (Å²) in [7, 11) is 1.79. The Hall–Kier alpha value is -1.57. The number of fused-ring (bicyclic) bond motifs is 1. The number of aliphatic hydroxyl groups excluding tert-OH is 1. The third-order valence-corrected chi connectivity index (χ3v) is 6.13. The zero-order valence-corrected chi connectivity index (χ0v) is 16.2. The van der Waals surface area contributed by atoms with Crippen LogP contribution in [0.1, 0.15) is 48.4 Å². The van der Waals surface area contributed by atoms with Crippen molar-refractivity contribution in [2.75, 3.05) is 18.9 Å². The normalized spacial score (nSPS) is 23.6. The Labute approximate surface area is 161 Å². The van der Waals surface area contributed by atoms with Crippen molar-refractivity contribution in [2.45, 2.75) is 44.0 Å². The van der Waals surface area contributed by atoms with E-state index in [4.69, 9.17) is 0 Å². The molecule has 148 valence electrons. The minimum Gasteiger partial charge on any atom is -0.392 e. The SMILES string of the molecule is CNC[C@H](O)CC[C@@H]1[C@H](C)c2cc(C(F)(F)F)ccc2N[C@H]1c1ccsc1. The number of nitrogens with one attached hydrogen (secondary N) is 2. The van der Waals surface area contributed by atoms with E-state index in [9.17, 15) is 18.3 Å². The first-order valence-corrected chi connectivity index (χ1v) is 10.1. The van der Waals surface area contributed by atoms with Crippen LogP contribution < -0.4 is 10.6 Å². The van der Waals surface area contributed by atoms with Crippen molar-refractivity contribution < 1.29 is 18.3 Å². The van der Waals surface area contributed by atoms with Gasteiger partial charge >= 0.3 is 6.18 Å². The van der Waals surface area contributed by atoms with Gasteiger partial charge < -0.3 is 15.7 Å². The van der Waals surface area contributed by atoms with E-state index in [0.717, 1.165) is 23.7 Å². The number of aliphatic hydroxyl groups is 1. The number of benzene rings is 1. The van der Waals surface area contributed by atoms with Crippen molar-refractivity contribution in [3.05, 3.63) is 51.7 Å². The molecule has 0 fully saturated rings. The van der Waals surface area contributed by atoms with Crippen molar-refractivity contribution in [2.24, 2.45) is 5.92 Å². The van der Waals surface area contributed by atoms with Crippen LogP contribution >= 0.6 is 11.3 Å². The molecule has 1 aliphatic heterocycles. The molecule has 3 nitrogen and oxygen atoms in total. The smallest absolute Gasteiger partial charge is 0.392 e. The molecule has 7 heteroatoms. The van der Waals surface area contributed by atoms with E-state index in [0.29, 0.717) is 18.5 Å². The third kappa shape index (κ3) is 4.47. The molecule has 0 saturated heterocycles. The third-order valence-electron chi connectivity index (χ3n) is 5.43. The Balaban J connectivity index is 1.91. The standard InChI is InChI=1S/C20H25F3N2OS/c1-12-16(5-4-15(26)10-24-2)19(13-7-8-27-11-13)25-18-6-3-14(9-17(12)18)20(21,22)23/h3,6-9,11-12,15-16,19,24-26H,4-5,10H2,1-2H3/t12-,15+,16+,19-/m0/s1. The van der Waals surface area contributed by atoms with Gasteiger partial charge in [0.05, 0.1) is 17.7 Å². The lowest BCUT2D eigenvalue weighted by Gasteiger charge is -2.40. The predicted octanol–water partition coefficient (Wildman–Crippen LogP) is 5.01. The van der Waals surface area contributed by atoms with Gasteiger partial charge in [-0.25, -0.2) is 0 Å². The van der Waals surface area contributed by atoms with E-state index in [1.807, 2.05) is 12.3 Å². The molecule has 4 atom stereocenters. The average Bonchev–Trinajstić information content (AvgIpc) is 3.14. The average molecular weight is 398 g/mol. The highest BCUT2D eigenvalue weighted by Gasteiger charge is 2.38. The fourth-order valence-electron chi connectivity index (χ4n) is 3.96. The molecule has 2 aromatic rings. The summed E-state index contributed by atoms with van der Waals surface area (Å²) in [6, 6.07) is 6.03. The summed E-state index contributed by atoms with van der Waals surface area (Å²) in [4.78, 5) is 0. The van der Waals surface area contributed by atoms with Gasteiger partial charge in [-0.15, -0.1) is 0 Å². The maximum absolute atomic E-state index is 13.2. The molecule has 1 aromatic carbocycles. The second-order valence-electron chi connectivity index (χ2n) is 7.22. The van der Waals surface area contributed by atoms with Crippen LogP contribution in [0.2, 0.25) is 0 Å². The lowest BCUT2D eigenvalue weighted by molar-refractivity contribution is -0.137. The number of hydrogen-bond acceptors (Lipinski definition) is 4. The number of rotatable bonds is 6. The molecule has 1 aliphatic rings. The van der Waals surface area contributed by atoms with Crippen LogP contribution in [0.3, 0.4) is 0 Å². The van der Waals surface area contributed by atoms with E-state index in [2.05, 4.69) is 22.1 Å². The Kier molecular flexibility index (Phi) is 6.13. The van der Waals surface area contributed by atoms with Crippen molar-refractivity contribution in [3.63, 3.8) is 0 Å². The molecule has 3 N–H and O–H groups in total. The largest absolute Gasteiger partial charge is 0.416 e. The molecule has 0 radical (unpaired) electrons. The molecular formula is C20H25F3N2OS. The first kappa shape index (κ1) is 20.2. The number of likely N-dealkylation sites (N-methyl/N-ethyl adjacent to an activating group) is 1. The van der Waals surface area contributed by atoms with Crippen molar-refractivity contribution >= 4 is 17.0 Å². The summed E-state index contributed by atoms with van der Waals surface area (Å²) in [5.41, 5.74) is 1.99. The van der Waals surface area contributed by atoms with E-state index >= 15 is 0 Å². The zero-order valence-electron chi connectivity index (χ0n) is 15.4. The summed E-state index contributed by atoms with van der Waals surface area (Å²) in [5.74, 6) is 0.0531. The van der Waals surface area contributed by atoms with Crippen LogP contribution in [0, 0.1) is 5.92 Å². The second kappa shape index (κ2) is 8.20. The monoisotopic (exact) mass is 398 g/mol. The van der Waals surface area contributed by atoms with E-state index in [-0.39, 0.29) is 17.9 Å². The molecule has 0 saturated carbocycles. The Bertz CT molecular complexity index is 748. The Morgan fingerprint density at radius 2 is 2.07 bits per heavy atom. The number of alkyl halides is 3. The van der Waals surface area contributed by atoms with Gasteiger partial charge in [0.1, 0.15) is 0 Å². The van der Waals surface area contributed by atoms with E-state index < -0.39 is 17.8 Å². The first-order valence-electron chi connectivity index (χ1n) is 9.13. The van der Waals surface area contributed by atoms with Crippen molar-refractivity contribution in [1.82, 2.24) is 5.32 Å². The van der Waals surface area contributed by atoms with Crippen LogP contribution in [0.5, 0.6) is 0 Å². The maximum atomic E-state index is 13.2. The molecule has 2 heterocycles. The summed E-state index contributed by atoms with van der Waals surface area (Å²) in [5, 5.41) is 20.6. The molecule has 27 heavy (non-hydrogen) atoms. The highest BCUT2D eigenvalue weighted by atomic mass is 32.1. The van der Waals surface area contributed by atoms with E-state index in [1.165, 1.54) is 6.07 Å². The Morgan fingerprint density at radius 3 is 2.70 bits per heavy atom.